The first-order valence-corrected chi connectivity index (χ1v) is 9.39. The predicted molar refractivity (Wildman–Crippen MR) is 104 cm³/mol. The Morgan fingerprint density at radius 1 is 0.800 bits per heavy atom. The van der Waals surface area contributed by atoms with Crippen LogP contribution in [0.2, 0.25) is 0 Å². The highest BCUT2D eigenvalue weighted by Crippen LogP contribution is 2.59. The summed E-state index contributed by atoms with van der Waals surface area (Å²) in [5.41, 5.74) is 4.00. The summed E-state index contributed by atoms with van der Waals surface area (Å²) >= 11 is 3.38. The van der Waals surface area contributed by atoms with Crippen molar-refractivity contribution in [3.8, 4) is 11.5 Å². The second-order valence-corrected chi connectivity index (χ2v) is 7.79. The third-order valence-corrected chi connectivity index (χ3v) is 6.65. The number of fused-ring (bicyclic) bond motifs is 1. The number of hydrogen-bond acceptors (Lipinski definition) is 6. The van der Waals surface area contributed by atoms with Crippen LogP contribution in [0, 0.1) is 0 Å². The average molecular weight is 368 g/mol. The van der Waals surface area contributed by atoms with Gasteiger partial charge in [-0.3, -0.25) is 0 Å². The van der Waals surface area contributed by atoms with Crippen LogP contribution in [-0.2, 0) is 0 Å². The van der Waals surface area contributed by atoms with E-state index >= 15 is 0 Å². The van der Waals surface area contributed by atoms with E-state index in [0.717, 1.165) is 48.1 Å². The van der Waals surface area contributed by atoms with E-state index in [2.05, 4.69) is 22.3 Å². The van der Waals surface area contributed by atoms with Crippen molar-refractivity contribution in [1.29, 1.82) is 0 Å². The van der Waals surface area contributed by atoms with E-state index in [1.807, 2.05) is 37.3 Å². The van der Waals surface area contributed by atoms with Crippen molar-refractivity contribution in [2.75, 3.05) is 14.2 Å². The molecule has 0 radical (unpaired) electrons. The maximum absolute atomic E-state index is 5.53. The van der Waals surface area contributed by atoms with Crippen LogP contribution in [0.4, 0.5) is 0 Å². The van der Waals surface area contributed by atoms with Crippen LogP contribution >= 0.6 is 23.5 Å². The minimum absolute atomic E-state index is 0.856. The molecule has 0 spiro atoms. The summed E-state index contributed by atoms with van der Waals surface area (Å²) < 4.78 is 12.2. The van der Waals surface area contributed by atoms with E-state index < -0.39 is 0 Å². The number of ether oxygens (including phenoxy) is 2. The molecule has 0 bridgehead atoms. The number of thioether (sulfide) groups is 2. The molecular weight excluding hydrogens is 352 g/mol. The van der Waals surface area contributed by atoms with Gasteiger partial charge in [-0.05, 0) is 19.1 Å². The summed E-state index contributed by atoms with van der Waals surface area (Å²) in [5.74, 6) is 1.71. The molecule has 126 valence electrons. The van der Waals surface area contributed by atoms with Gasteiger partial charge in [0.2, 0.25) is 0 Å². The SMILES string of the molecule is COc1ccc(OC)c2c1SC(=C1C(C)=NN=C1c1ccccc1)S2. The standard InChI is InChI=1S/C19H16N2O2S2/c1-11-15(16(21-20-11)12-7-5-4-6-8-12)19-24-17-13(22-2)9-10-14(23-3)18(17)25-19/h4-10H,1-3H3. The largest absolute Gasteiger partial charge is 0.496 e. The number of allylic oxidation sites excluding steroid dienone is 1. The molecule has 0 fully saturated rings. The van der Waals surface area contributed by atoms with Gasteiger partial charge in [0.15, 0.2) is 0 Å². The number of rotatable bonds is 3. The van der Waals surface area contributed by atoms with Gasteiger partial charge < -0.3 is 9.47 Å². The van der Waals surface area contributed by atoms with Gasteiger partial charge in [0.1, 0.15) is 17.2 Å². The van der Waals surface area contributed by atoms with Crippen molar-refractivity contribution in [2.45, 2.75) is 16.7 Å². The first-order valence-electron chi connectivity index (χ1n) is 7.76. The Balaban J connectivity index is 1.81. The summed E-state index contributed by atoms with van der Waals surface area (Å²) in [4.78, 5) is 2.17. The van der Waals surface area contributed by atoms with E-state index in [0.29, 0.717) is 0 Å². The Kier molecular flexibility index (Phi) is 4.31. The molecular formula is C19H16N2O2S2. The van der Waals surface area contributed by atoms with Crippen molar-refractivity contribution in [1.82, 2.24) is 0 Å². The summed E-state index contributed by atoms with van der Waals surface area (Å²) in [5, 5.41) is 8.74. The molecule has 2 aliphatic rings. The summed E-state index contributed by atoms with van der Waals surface area (Å²) in [6.07, 6.45) is 0. The van der Waals surface area contributed by atoms with Crippen molar-refractivity contribution in [3.63, 3.8) is 0 Å². The second-order valence-electron chi connectivity index (χ2n) is 5.49. The Labute approximate surface area is 155 Å². The monoisotopic (exact) mass is 368 g/mol. The molecule has 0 aromatic heterocycles. The molecule has 0 saturated heterocycles. The van der Waals surface area contributed by atoms with Crippen LogP contribution in [0.1, 0.15) is 12.5 Å². The molecule has 2 aromatic rings. The van der Waals surface area contributed by atoms with Gasteiger partial charge in [0.25, 0.3) is 0 Å². The summed E-state index contributed by atoms with van der Waals surface area (Å²) in [6, 6.07) is 14.1. The Bertz CT molecular complexity index is 899. The zero-order valence-electron chi connectivity index (χ0n) is 14.1. The summed E-state index contributed by atoms with van der Waals surface area (Å²) in [6.45, 7) is 2.00. The van der Waals surface area contributed by atoms with Gasteiger partial charge in [-0.25, -0.2) is 0 Å². The highest BCUT2D eigenvalue weighted by molar-refractivity contribution is 8.25. The maximum atomic E-state index is 5.53. The van der Waals surface area contributed by atoms with Crippen LogP contribution in [0.25, 0.3) is 0 Å². The first kappa shape index (κ1) is 16.3. The Morgan fingerprint density at radius 2 is 1.40 bits per heavy atom. The van der Waals surface area contributed by atoms with E-state index in [4.69, 9.17) is 9.47 Å². The van der Waals surface area contributed by atoms with Crippen LogP contribution < -0.4 is 9.47 Å². The molecule has 25 heavy (non-hydrogen) atoms. The maximum Gasteiger partial charge on any atom is 0.134 e. The van der Waals surface area contributed by atoms with Crippen molar-refractivity contribution >= 4 is 34.9 Å². The smallest absolute Gasteiger partial charge is 0.134 e. The molecule has 0 aliphatic carbocycles. The highest BCUT2D eigenvalue weighted by atomic mass is 32.2. The lowest BCUT2D eigenvalue weighted by atomic mass is 10.0. The molecule has 4 nitrogen and oxygen atoms in total. The van der Waals surface area contributed by atoms with Crippen LogP contribution in [0.5, 0.6) is 11.5 Å². The second kappa shape index (κ2) is 6.61. The fourth-order valence-corrected chi connectivity index (χ4v) is 5.66. The predicted octanol–water partition coefficient (Wildman–Crippen LogP) is 4.99. The van der Waals surface area contributed by atoms with Crippen LogP contribution in [0.15, 0.2) is 72.3 Å². The first-order chi connectivity index (χ1) is 12.2. The van der Waals surface area contributed by atoms with E-state index in [9.17, 15) is 0 Å². The number of nitrogens with zero attached hydrogens (tertiary/aromatic N) is 2. The molecule has 6 heteroatoms. The molecule has 4 rings (SSSR count). The highest BCUT2D eigenvalue weighted by Gasteiger charge is 2.31. The lowest BCUT2D eigenvalue weighted by molar-refractivity contribution is 0.384. The topological polar surface area (TPSA) is 43.2 Å². The molecule has 0 N–H and O–H groups in total. The quantitative estimate of drug-likeness (QED) is 0.765. The zero-order chi connectivity index (χ0) is 17.4. The number of hydrogen-bond donors (Lipinski definition) is 0. The van der Waals surface area contributed by atoms with Crippen LogP contribution in [-0.4, -0.2) is 25.6 Å². The number of benzene rings is 2. The van der Waals surface area contributed by atoms with E-state index in [1.54, 1.807) is 37.7 Å². The minimum atomic E-state index is 0.856. The van der Waals surface area contributed by atoms with Gasteiger partial charge in [0.05, 0.1) is 34.0 Å². The van der Waals surface area contributed by atoms with E-state index in [1.165, 1.54) is 0 Å². The third kappa shape index (κ3) is 2.75. The third-order valence-electron chi connectivity index (χ3n) is 4.02. The van der Waals surface area contributed by atoms with Crippen molar-refractivity contribution in [3.05, 3.63) is 57.8 Å². The molecule has 2 aliphatic heterocycles. The lowest BCUT2D eigenvalue weighted by Gasteiger charge is -2.08. The normalized spacial score (nSPS) is 15.8. The van der Waals surface area contributed by atoms with E-state index in [-0.39, 0.29) is 0 Å². The molecule has 0 atom stereocenters. The van der Waals surface area contributed by atoms with Gasteiger partial charge in [-0.1, -0.05) is 53.9 Å². The van der Waals surface area contributed by atoms with Gasteiger partial charge in [0, 0.05) is 11.1 Å². The van der Waals surface area contributed by atoms with Crippen molar-refractivity contribution in [2.24, 2.45) is 10.2 Å². The fraction of sp³-hybridized carbons (Fsp3) is 0.158. The van der Waals surface area contributed by atoms with Gasteiger partial charge in [-0.2, -0.15) is 5.10 Å². The molecule has 0 amide bonds. The Hall–Kier alpha value is -2.18. The lowest BCUT2D eigenvalue weighted by Crippen LogP contribution is -2.08. The fourth-order valence-electron chi connectivity index (χ4n) is 2.79. The number of methoxy groups -OCH3 is 2. The molecule has 0 unspecified atom stereocenters. The van der Waals surface area contributed by atoms with Gasteiger partial charge >= 0.3 is 0 Å². The molecule has 0 saturated carbocycles. The van der Waals surface area contributed by atoms with Gasteiger partial charge in [-0.15, -0.1) is 5.10 Å². The average Bonchev–Trinajstić information content (AvgIpc) is 3.25. The minimum Gasteiger partial charge on any atom is -0.496 e. The zero-order valence-corrected chi connectivity index (χ0v) is 15.7. The molecule has 2 heterocycles. The summed E-state index contributed by atoms with van der Waals surface area (Å²) in [7, 11) is 3.38. The van der Waals surface area contributed by atoms with Crippen LogP contribution in [0.3, 0.4) is 0 Å². The van der Waals surface area contributed by atoms with Crippen molar-refractivity contribution < 1.29 is 9.47 Å². The Morgan fingerprint density at radius 3 is 1.96 bits per heavy atom. The molecule has 2 aromatic carbocycles.